The molecule has 0 spiro atoms. The smallest absolute Gasteiger partial charge is 0.165 e. The molecule has 1 rings (SSSR count). The Hall–Kier alpha value is -1.06. The van der Waals surface area contributed by atoms with Gasteiger partial charge in [-0.15, -0.1) is 0 Å². The van der Waals surface area contributed by atoms with Gasteiger partial charge in [0, 0.05) is 11.1 Å². The van der Waals surface area contributed by atoms with Crippen LogP contribution >= 0.6 is 0 Å². The van der Waals surface area contributed by atoms with Gasteiger partial charge in [0.1, 0.15) is 0 Å². The third-order valence-electron chi connectivity index (χ3n) is 2.09. The Kier molecular flexibility index (Phi) is 5.48. The maximum Gasteiger partial charge on any atom is 0.165 e. The van der Waals surface area contributed by atoms with Crippen LogP contribution in [0.1, 0.15) is 44.7 Å². The van der Waals surface area contributed by atoms with Crippen LogP contribution in [0.2, 0.25) is 0 Å². The van der Waals surface area contributed by atoms with E-state index in [9.17, 15) is 17.6 Å². The lowest BCUT2D eigenvalue weighted by Crippen LogP contribution is -2.07. The zero-order chi connectivity index (χ0) is 13.0. The zero-order valence-corrected chi connectivity index (χ0v) is 10.1. The van der Waals surface area contributed by atoms with Crippen LogP contribution in [0, 0.1) is 30.2 Å². The van der Waals surface area contributed by atoms with Crippen LogP contribution in [0.15, 0.2) is 0 Å². The molecule has 0 nitrogen and oxygen atoms in total. The third kappa shape index (κ3) is 2.54. The van der Waals surface area contributed by atoms with E-state index in [1.165, 1.54) is 13.8 Å². The molecule has 0 heterocycles. The Morgan fingerprint density at radius 3 is 1.31 bits per heavy atom. The van der Waals surface area contributed by atoms with E-state index in [0.29, 0.717) is 0 Å². The van der Waals surface area contributed by atoms with Crippen molar-refractivity contribution in [2.24, 2.45) is 0 Å². The van der Waals surface area contributed by atoms with E-state index < -0.39 is 40.3 Å². The number of hydrogen-bond donors (Lipinski definition) is 0. The fourth-order valence-electron chi connectivity index (χ4n) is 1.27. The molecule has 0 N–H and O–H groups in total. The summed E-state index contributed by atoms with van der Waals surface area (Å²) in [6.45, 7) is 7.94. The van der Waals surface area contributed by atoms with Gasteiger partial charge >= 0.3 is 0 Å². The Bertz CT molecular complexity index is 341. The van der Waals surface area contributed by atoms with Gasteiger partial charge in [-0.2, -0.15) is 0 Å². The fraction of sp³-hybridized carbons (Fsp3) is 0.500. The standard InChI is InChI=1S/C10H10F4.C2H6/c1-4(2)6-9(13)7(11)5(3)8(12)10(6)14;1-2/h4H,1-3H3;1-2H3. The van der Waals surface area contributed by atoms with Crippen molar-refractivity contribution in [1.29, 1.82) is 0 Å². The largest absolute Gasteiger partial charge is 0.203 e. The molecule has 0 aliphatic heterocycles. The second-order valence-corrected chi connectivity index (χ2v) is 3.45. The molecule has 0 aliphatic rings. The fourth-order valence-corrected chi connectivity index (χ4v) is 1.27. The molecule has 0 unspecified atom stereocenters. The van der Waals surface area contributed by atoms with Crippen molar-refractivity contribution in [2.45, 2.75) is 40.5 Å². The predicted molar refractivity (Wildman–Crippen MR) is 56.4 cm³/mol. The zero-order valence-electron chi connectivity index (χ0n) is 10.1. The van der Waals surface area contributed by atoms with E-state index in [0.717, 1.165) is 6.92 Å². The summed E-state index contributed by atoms with van der Waals surface area (Å²) in [4.78, 5) is 0. The van der Waals surface area contributed by atoms with E-state index in [2.05, 4.69) is 0 Å². The van der Waals surface area contributed by atoms with Crippen LogP contribution in [0.25, 0.3) is 0 Å². The summed E-state index contributed by atoms with van der Waals surface area (Å²) in [5.74, 6) is -5.81. The van der Waals surface area contributed by atoms with Crippen LogP contribution < -0.4 is 0 Å². The molecular formula is C12H16F4. The Labute approximate surface area is 93.3 Å². The molecule has 1 aromatic rings. The quantitative estimate of drug-likeness (QED) is 0.489. The van der Waals surface area contributed by atoms with Crippen LogP contribution in [-0.4, -0.2) is 0 Å². The lowest BCUT2D eigenvalue weighted by Gasteiger charge is -2.11. The van der Waals surface area contributed by atoms with Crippen molar-refractivity contribution in [3.63, 3.8) is 0 Å². The molecule has 92 valence electrons. The summed E-state index contributed by atoms with van der Waals surface area (Å²) in [5, 5.41) is 0. The number of benzene rings is 1. The summed E-state index contributed by atoms with van der Waals surface area (Å²) in [6.07, 6.45) is 0. The van der Waals surface area contributed by atoms with Crippen molar-refractivity contribution >= 4 is 0 Å². The average molecular weight is 236 g/mol. The number of rotatable bonds is 1. The molecule has 0 bridgehead atoms. The number of halogens is 4. The first-order valence-corrected chi connectivity index (χ1v) is 5.20. The van der Waals surface area contributed by atoms with E-state index >= 15 is 0 Å². The molecule has 1 aromatic carbocycles. The van der Waals surface area contributed by atoms with Gasteiger partial charge in [0.2, 0.25) is 0 Å². The van der Waals surface area contributed by atoms with Gasteiger partial charge in [0.15, 0.2) is 23.3 Å². The highest BCUT2D eigenvalue weighted by Crippen LogP contribution is 2.28. The Morgan fingerprint density at radius 2 is 1.06 bits per heavy atom. The minimum absolute atomic E-state index is 0.536. The first-order chi connectivity index (χ1) is 7.37. The van der Waals surface area contributed by atoms with E-state index in [4.69, 9.17) is 0 Å². The lowest BCUT2D eigenvalue weighted by molar-refractivity contribution is 0.425. The molecule has 0 saturated heterocycles. The Morgan fingerprint density at radius 1 is 0.750 bits per heavy atom. The lowest BCUT2D eigenvalue weighted by atomic mass is 9.99. The van der Waals surface area contributed by atoms with Crippen molar-refractivity contribution in [2.75, 3.05) is 0 Å². The Balaban J connectivity index is 0.00000106. The van der Waals surface area contributed by atoms with Gasteiger partial charge < -0.3 is 0 Å². The molecule has 4 heteroatoms. The van der Waals surface area contributed by atoms with Gasteiger partial charge in [0.05, 0.1) is 0 Å². The van der Waals surface area contributed by atoms with Crippen molar-refractivity contribution < 1.29 is 17.6 Å². The molecule has 16 heavy (non-hydrogen) atoms. The molecule has 0 radical (unpaired) electrons. The number of hydrogen-bond acceptors (Lipinski definition) is 0. The molecule has 0 saturated carbocycles. The van der Waals surface area contributed by atoms with Crippen LogP contribution in [0.3, 0.4) is 0 Å². The third-order valence-corrected chi connectivity index (χ3v) is 2.09. The first-order valence-electron chi connectivity index (χ1n) is 5.20. The van der Waals surface area contributed by atoms with E-state index in [1.54, 1.807) is 0 Å². The molecule has 0 fully saturated rings. The van der Waals surface area contributed by atoms with Gasteiger partial charge in [-0.3, -0.25) is 0 Å². The highest BCUT2D eigenvalue weighted by atomic mass is 19.2. The normalized spacial score (nSPS) is 10.1. The molecule has 0 aromatic heterocycles. The monoisotopic (exact) mass is 236 g/mol. The summed E-state index contributed by atoms with van der Waals surface area (Å²) in [7, 11) is 0. The summed E-state index contributed by atoms with van der Waals surface area (Å²) >= 11 is 0. The highest BCUT2D eigenvalue weighted by Gasteiger charge is 2.24. The maximum atomic E-state index is 13.2. The van der Waals surface area contributed by atoms with Gasteiger partial charge in [-0.25, -0.2) is 17.6 Å². The molecule has 0 aliphatic carbocycles. The minimum Gasteiger partial charge on any atom is -0.203 e. The second-order valence-electron chi connectivity index (χ2n) is 3.45. The van der Waals surface area contributed by atoms with Gasteiger partial charge in [0.25, 0.3) is 0 Å². The van der Waals surface area contributed by atoms with Crippen LogP contribution in [-0.2, 0) is 0 Å². The van der Waals surface area contributed by atoms with Crippen LogP contribution in [0.5, 0.6) is 0 Å². The van der Waals surface area contributed by atoms with Crippen LogP contribution in [0.4, 0.5) is 17.6 Å². The van der Waals surface area contributed by atoms with Crippen molar-refractivity contribution in [3.8, 4) is 0 Å². The SMILES string of the molecule is CC.Cc1c(F)c(F)c(C(C)C)c(F)c1F. The van der Waals surface area contributed by atoms with Gasteiger partial charge in [-0.1, -0.05) is 27.7 Å². The molecule has 0 amide bonds. The average Bonchev–Trinajstić information content (AvgIpc) is 2.26. The highest BCUT2D eigenvalue weighted by molar-refractivity contribution is 5.30. The topological polar surface area (TPSA) is 0 Å². The summed E-state index contributed by atoms with van der Waals surface area (Å²) in [5.41, 5.74) is -1.16. The maximum absolute atomic E-state index is 13.2. The summed E-state index contributed by atoms with van der Waals surface area (Å²) < 4.78 is 52.4. The minimum atomic E-state index is -1.31. The van der Waals surface area contributed by atoms with Gasteiger partial charge in [-0.05, 0) is 12.8 Å². The molecular weight excluding hydrogens is 220 g/mol. The second kappa shape index (κ2) is 5.87. The van der Waals surface area contributed by atoms with E-state index in [1.807, 2.05) is 13.8 Å². The first kappa shape index (κ1) is 14.9. The van der Waals surface area contributed by atoms with E-state index in [-0.39, 0.29) is 0 Å². The summed E-state index contributed by atoms with van der Waals surface area (Å²) in [6, 6.07) is 0. The predicted octanol–water partition coefficient (Wildman–Crippen LogP) is 4.70. The molecule has 0 atom stereocenters. The van der Waals surface area contributed by atoms with Crippen molar-refractivity contribution in [3.05, 3.63) is 34.4 Å². The van der Waals surface area contributed by atoms with Crippen molar-refractivity contribution in [1.82, 2.24) is 0 Å².